The number of hydrogen-bond donors (Lipinski definition) is 1. The molecule has 0 aliphatic carbocycles. The topological polar surface area (TPSA) is 115 Å². The van der Waals surface area contributed by atoms with Crippen molar-refractivity contribution in [3.8, 4) is 11.7 Å². The van der Waals surface area contributed by atoms with Crippen LogP contribution in [0.25, 0.3) is 5.95 Å². The highest BCUT2D eigenvalue weighted by Crippen LogP contribution is 2.22. The smallest absolute Gasteiger partial charge is 0.409 e. The first-order valence-electron chi connectivity index (χ1n) is 12.5. The number of piperazine rings is 1. The third kappa shape index (κ3) is 6.96. The SMILES string of the molecule is CCCCOC(=O)N1CCN(c2ccnc(-n3ccnc3)n2)C(CC(=O)NCc2ccc(OC)cc2)C1. The van der Waals surface area contributed by atoms with Crippen molar-refractivity contribution in [1.82, 2.24) is 29.7 Å². The van der Waals surface area contributed by atoms with E-state index in [9.17, 15) is 9.59 Å². The number of rotatable bonds is 10. The predicted molar refractivity (Wildman–Crippen MR) is 138 cm³/mol. The van der Waals surface area contributed by atoms with E-state index >= 15 is 0 Å². The average Bonchev–Trinajstić information content (AvgIpc) is 3.48. The Labute approximate surface area is 216 Å². The Morgan fingerprint density at radius 2 is 1.97 bits per heavy atom. The summed E-state index contributed by atoms with van der Waals surface area (Å²) in [6.07, 6.45) is 8.36. The Kier molecular flexibility index (Phi) is 8.90. The number of anilines is 1. The van der Waals surface area contributed by atoms with Crippen molar-refractivity contribution in [3.05, 3.63) is 60.8 Å². The van der Waals surface area contributed by atoms with Gasteiger partial charge in [0.2, 0.25) is 11.9 Å². The molecule has 1 unspecified atom stereocenters. The molecule has 11 heteroatoms. The van der Waals surface area contributed by atoms with E-state index in [1.165, 1.54) is 0 Å². The normalized spacial score (nSPS) is 15.4. The van der Waals surface area contributed by atoms with Crippen LogP contribution in [0.3, 0.4) is 0 Å². The minimum absolute atomic E-state index is 0.115. The van der Waals surface area contributed by atoms with Crippen LogP contribution in [0.5, 0.6) is 5.75 Å². The van der Waals surface area contributed by atoms with E-state index in [1.54, 1.807) is 41.5 Å². The summed E-state index contributed by atoms with van der Waals surface area (Å²) >= 11 is 0. The number of amides is 2. The van der Waals surface area contributed by atoms with Crippen LogP contribution in [0.1, 0.15) is 31.7 Å². The van der Waals surface area contributed by atoms with Crippen LogP contribution in [-0.2, 0) is 16.1 Å². The van der Waals surface area contributed by atoms with E-state index in [1.807, 2.05) is 37.3 Å². The van der Waals surface area contributed by atoms with Crippen molar-refractivity contribution in [1.29, 1.82) is 0 Å². The number of imidazole rings is 1. The van der Waals surface area contributed by atoms with Gasteiger partial charge in [-0.25, -0.2) is 14.8 Å². The highest BCUT2D eigenvalue weighted by atomic mass is 16.6. The molecule has 0 bridgehead atoms. The molecule has 37 heavy (non-hydrogen) atoms. The van der Waals surface area contributed by atoms with Crippen LogP contribution in [0, 0.1) is 0 Å². The maximum absolute atomic E-state index is 13.0. The zero-order valence-corrected chi connectivity index (χ0v) is 21.2. The van der Waals surface area contributed by atoms with E-state index in [-0.39, 0.29) is 24.5 Å². The number of nitrogens with zero attached hydrogens (tertiary/aromatic N) is 6. The molecule has 0 radical (unpaired) electrons. The lowest BCUT2D eigenvalue weighted by molar-refractivity contribution is -0.121. The summed E-state index contributed by atoms with van der Waals surface area (Å²) in [5.74, 6) is 1.82. The molecule has 3 aromatic rings. The molecule has 4 rings (SSSR count). The minimum atomic E-state index is -0.349. The summed E-state index contributed by atoms with van der Waals surface area (Å²) in [6, 6.07) is 9.09. The van der Waals surface area contributed by atoms with Crippen LogP contribution >= 0.6 is 0 Å². The van der Waals surface area contributed by atoms with Gasteiger partial charge in [0.15, 0.2) is 0 Å². The largest absolute Gasteiger partial charge is 0.497 e. The zero-order valence-electron chi connectivity index (χ0n) is 21.2. The second-order valence-electron chi connectivity index (χ2n) is 8.77. The van der Waals surface area contributed by atoms with Crippen molar-refractivity contribution in [2.45, 2.75) is 38.8 Å². The lowest BCUT2D eigenvalue weighted by atomic mass is 10.1. The van der Waals surface area contributed by atoms with Gasteiger partial charge < -0.3 is 24.6 Å². The van der Waals surface area contributed by atoms with Crippen LogP contribution in [0.4, 0.5) is 10.6 Å². The Bertz CT molecular complexity index is 1150. The second kappa shape index (κ2) is 12.7. The standard InChI is InChI=1S/C26H33N7O4/c1-3-4-15-37-26(35)31-13-14-33(23-9-10-28-25(30-23)32-12-11-27-19-32)21(18-31)16-24(34)29-17-20-5-7-22(36-2)8-6-20/h5-12,19,21H,3-4,13-18H2,1-2H3,(H,29,34). The number of ether oxygens (including phenoxy) is 2. The van der Waals surface area contributed by atoms with E-state index in [0.717, 1.165) is 24.2 Å². The molecule has 0 spiro atoms. The number of benzene rings is 1. The molecular formula is C26H33N7O4. The number of aromatic nitrogens is 4. The van der Waals surface area contributed by atoms with Crippen molar-refractivity contribution >= 4 is 17.8 Å². The molecule has 1 aliphatic heterocycles. The molecule has 11 nitrogen and oxygen atoms in total. The molecule has 0 saturated carbocycles. The molecule has 196 valence electrons. The number of methoxy groups -OCH3 is 1. The fraction of sp³-hybridized carbons (Fsp3) is 0.423. The van der Waals surface area contributed by atoms with Gasteiger partial charge in [-0.1, -0.05) is 25.5 Å². The highest BCUT2D eigenvalue weighted by Gasteiger charge is 2.33. The number of carbonyl (C=O) groups excluding carboxylic acids is 2. The summed E-state index contributed by atoms with van der Waals surface area (Å²) in [4.78, 5) is 42.5. The third-order valence-electron chi connectivity index (χ3n) is 6.19. The monoisotopic (exact) mass is 507 g/mol. The zero-order chi connectivity index (χ0) is 26.0. The van der Waals surface area contributed by atoms with Crippen LogP contribution in [0.2, 0.25) is 0 Å². The van der Waals surface area contributed by atoms with Crippen molar-refractivity contribution in [2.75, 3.05) is 38.3 Å². The number of nitrogens with one attached hydrogen (secondary N) is 1. The summed E-state index contributed by atoms with van der Waals surface area (Å²) in [7, 11) is 1.62. The lowest BCUT2D eigenvalue weighted by Gasteiger charge is -2.41. The molecule has 1 atom stereocenters. The first-order chi connectivity index (χ1) is 18.1. The Hall–Kier alpha value is -4.15. The molecule has 1 aliphatic rings. The first-order valence-corrected chi connectivity index (χ1v) is 12.5. The number of hydrogen-bond acceptors (Lipinski definition) is 8. The number of unbranched alkanes of at least 4 members (excludes halogenated alkanes) is 1. The average molecular weight is 508 g/mol. The van der Waals surface area contributed by atoms with Crippen molar-refractivity contribution in [2.24, 2.45) is 0 Å². The van der Waals surface area contributed by atoms with Gasteiger partial charge >= 0.3 is 6.09 Å². The minimum Gasteiger partial charge on any atom is -0.497 e. The summed E-state index contributed by atoms with van der Waals surface area (Å²) in [6.45, 7) is 4.18. The highest BCUT2D eigenvalue weighted by molar-refractivity contribution is 5.77. The van der Waals surface area contributed by atoms with Crippen LogP contribution in [-0.4, -0.2) is 75.8 Å². The third-order valence-corrected chi connectivity index (χ3v) is 6.19. The fourth-order valence-electron chi connectivity index (χ4n) is 4.12. The fourth-order valence-corrected chi connectivity index (χ4v) is 4.12. The molecule has 1 aromatic carbocycles. The maximum Gasteiger partial charge on any atom is 0.409 e. The van der Waals surface area contributed by atoms with Crippen LogP contribution < -0.4 is 15.0 Å². The van der Waals surface area contributed by atoms with Gasteiger partial charge in [-0.15, -0.1) is 0 Å². The van der Waals surface area contributed by atoms with Crippen molar-refractivity contribution in [3.63, 3.8) is 0 Å². The molecule has 1 N–H and O–H groups in total. The van der Waals surface area contributed by atoms with Crippen molar-refractivity contribution < 1.29 is 19.1 Å². The van der Waals surface area contributed by atoms with Gasteiger partial charge in [-0.2, -0.15) is 4.98 Å². The van der Waals surface area contributed by atoms with E-state index in [4.69, 9.17) is 14.5 Å². The number of carbonyl (C=O) groups is 2. The van der Waals surface area contributed by atoms with E-state index in [2.05, 4.69) is 20.2 Å². The van der Waals surface area contributed by atoms with Gasteiger partial charge in [0, 0.05) is 51.2 Å². The molecule has 2 amide bonds. The predicted octanol–water partition coefficient (Wildman–Crippen LogP) is 2.80. The maximum atomic E-state index is 13.0. The van der Waals surface area contributed by atoms with Gasteiger partial charge in [0.1, 0.15) is 17.9 Å². The summed E-state index contributed by atoms with van der Waals surface area (Å²) in [5, 5.41) is 2.99. The Morgan fingerprint density at radius 3 is 2.70 bits per heavy atom. The Balaban J connectivity index is 1.46. The van der Waals surface area contributed by atoms with Gasteiger partial charge in [0.05, 0.1) is 19.8 Å². The lowest BCUT2D eigenvalue weighted by Crippen LogP contribution is -2.56. The second-order valence-corrected chi connectivity index (χ2v) is 8.77. The Morgan fingerprint density at radius 1 is 1.14 bits per heavy atom. The molecular weight excluding hydrogens is 474 g/mol. The van der Waals surface area contributed by atoms with Crippen LogP contribution in [0.15, 0.2) is 55.2 Å². The van der Waals surface area contributed by atoms with Gasteiger partial charge in [-0.3, -0.25) is 9.36 Å². The summed E-state index contributed by atoms with van der Waals surface area (Å²) < 4.78 is 12.3. The molecule has 2 aromatic heterocycles. The first kappa shape index (κ1) is 25.9. The van der Waals surface area contributed by atoms with E-state index < -0.39 is 0 Å². The van der Waals surface area contributed by atoms with Gasteiger partial charge in [-0.05, 0) is 30.2 Å². The van der Waals surface area contributed by atoms with Gasteiger partial charge in [0.25, 0.3) is 0 Å². The molecule has 3 heterocycles. The van der Waals surface area contributed by atoms with E-state index in [0.29, 0.717) is 44.6 Å². The molecule has 1 saturated heterocycles. The quantitative estimate of drug-likeness (QED) is 0.417. The molecule has 1 fully saturated rings. The summed E-state index contributed by atoms with van der Waals surface area (Å²) in [5.41, 5.74) is 0.969.